The minimum atomic E-state index is -3.73. The maximum atomic E-state index is 13.7. The Morgan fingerprint density at radius 3 is 2.45 bits per heavy atom. The predicted molar refractivity (Wildman–Crippen MR) is 124 cm³/mol. The van der Waals surface area contributed by atoms with Gasteiger partial charge in [0, 0.05) is 13.6 Å². The molecule has 2 rings (SSSR count). The zero-order chi connectivity index (χ0) is 20.4. The lowest BCUT2D eigenvalue weighted by atomic mass is 10.3. The number of rotatable bonds is 9. The fourth-order valence-corrected chi connectivity index (χ4v) is 3.67. The van der Waals surface area contributed by atoms with Crippen LogP contribution in [-0.2, 0) is 9.84 Å². The van der Waals surface area contributed by atoms with E-state index in [-0.39, 0.29) is 41.2 Å². The van der Waals surface area contributed by atoms with E-state index in [9.17, 15) is 12.8 Å². The largest absolute Gasteiger partial charge is 0.492 e. The normalized spacial score (nSPS) is 11.5. The van der Waals surface area contributed by atoms with Crippen molar-refractivity contribution in [3.05, 3.63) is 60.4 Å². The number of para-hydroxylation sites is 1. The summed E-state index contributed by atoms with van der Waals surface area (Å²) < 4.78 is 44.1. The van der Waals surface area contributed by atoms with Gasteiger partial charge < -0.3 is 15.0 Å². The number of aliphatic imine (C=N–C) groups is 1. The number of likely N-dealkylation sites (N-methyl/N-ethyl adjacent to an activating group) is 1. The average molecular weight is 535 g/mol. The molecule has 0 aliphatic heterocycles. The third-order valence-electron chi connectivity index (χ3n) is 3.93. The van der Waals surface area contributed by atoms with Crippen LogP contribution in [-0.4, -0.2) is 58.3 Å². The van der Waals surface area contributed by atoms with E-state index >= 15 is 0 Å². The number of ether oxygens (including phenoxy) is 1. The smallest absolute Gasteiger partial charge is 0.193 e. The van der Waals surface area contributed by atoms with Crippen LogP contribution in [0, 0.1) is 5.82 Å². The van der Waals surface area contributed by atoms with Gasteiger partial charge in [-0.15, -0.1) is 24.0 Å². The molecule has 0 amide bonds. The van der Waals surface area contributed by atoms with Crippen LogP contribution in [0.4, 0.5) is 4.39 Å². The lowest BCUT2D eigenvalue weighted by molar-refractivity contribution is 0.281. The summed E-state index contributed by atoms with van der Waals surface area (Å²) in [6.07, 6.45) is 0. The van der Waals surface area contributed by atoms with Crippen molar-refractivity contribution < 1.29 is 17.5 Å². The Bertz CT molecular complexity index is 880. The van der Waals surface area contributed by atoms with Crippen LogP contribution >= 0.6 is 24.0 Å². The zero-order valence-electron chi connectivity index (χ0n) is 16.5. The Labute approximate surface area is 189 Å². The van der Waals surface area contributed by atoms with Crippen LogP contribution in [0.2, 0.25) is 0 Å². The molecular weight excluding hydrogens is 508 g/mol. The summed E-state index contributed by atoms with van der Waals surface area (Å²) in [5.41, 5.74) is 0. The Morgan fingerprint density at radius 2 is 1.79 bits per heavy atom. The van der Waals surface area contributed by atoms with Crippen LogP contribution in [0.3, 0.4) is 0 Å². The molecule has 2 aromatic rings. The van der Waals surface area contributed by atoms with Gasteiger partial charge in [-0.05, 0) is 31.2 Å². The van der Waals surface area contributed by atoms with Crippen molar-refractivity contribution in [2.75, 3.05) is 39.0 Å². The first-order valence-electron chi connectivity index (χ1n) is 9.08. The summed E-state index contributed by atoms with van der Waals surface area (Å²) in [4.78, 5) is 5.93. The highest BCUT2D eigenvalue weighted by Crippen LogP contribution is 2.15. The Balaban J connectivity index is 0.00000420. The number of sulfone groups is 1. The van der Waals surface area contributed by atoms with Gasteiger partial charge in [-0.3, -0.25) is 4.99 Å². The number of hydrogen-bond donors (Lipinski definition) is 1. The molecule has 0 saturated heterocycles. The molecule has 1 N–H and O–H groups in total. The SMILES string of the molecule is CCNC(=NCCS(=O)(=O)c1ccccc1F)N(C)CCOc1ccccc1.I. The highest BCUT2D eigenvalue weighted by Gasteiger charge is 2.18. The second kappa shape index (κ2) is 12.6. The first-order chi connectivity index (χ1) is 13.4. The summed E-state index contributed by atoms with van der Waals surface area (Å²) >= 11 is 0. The standard InChI is InChI=1S/C20H26FN3O3S.HI/c1-3-22-20(24(2)14-15-27-17-9-5-4-6-10-17)23-13-16-28(25,26)19-12-8-7-11-18(19)21;/h4-12H,3,13-16H2,1-2H3,(H,22,23);1H. The Hall–Kier alpha value is -1.88. The van der Waals surface area contributed by atoms with Gasteiger partial charge in [0.1, 0.15) is 23.1 Å². The molecule has 29 heavy (non-hydrogen) atoms. The fraction of sp³-hybridized carbons (Fsp3) is 0.350. The lowest BCUT2D eigenvalue weighted by Crippen LogP contribution is -2.41. The quantitative estimate of drug-likeness (QED) is 0.304. The van der Waals surface area contributed by atoms with Crippen molar-refractivity contribution in [3.63, 3.8) is 0 Å². The topological polar surface area (TPSA) is 71.0 Å². The van der Waals surface area contributed by atoms with Crippen molar-refractivity contribution >= 4 is 39.8 Å². The number of guanidine groups is 1. The van der Waals surface area contributed by atoms with Gasteiger partial charge in [0.15, 0.2) is 15.8 Å². The summed E-state index contributed by atoms with van der Waals surface area (Å²) in [6, 6.07) is 14.9. The van der Waals surface area contributed by atoms with Crippen molar-refractivity contribution in [1.82, 2.24) is 10.2 Å². The van der Waals surface area contributed by atoms with Crippen molar-refractivity contribution in [1.29, 1.82) is 0 Å². The third-order valence-corrected chi connectivity index (χ3v) is 5.65. The summed E-state index contributed by atoms with van der Waals surface area (Å²) in [7, 11) is -1.88. The van der Waals surface area contributed by atoms with Crippen molar-refractivity contribution in [2.24, 2.45) is 4.99 Å². The van der Waals surface area contributed by atoms with E-state index in [2.05, 4.69) is 10.3 Å². The highest BCUT2D eigenvalue weighted by atomic mass is 127. The third kappa shape index (κ3) is 8.17. The minimum Gasteiger partial charge on any atom is -0.492 e. The fourth-order valence-electron chi connectivity index (χ4n) is 2.47. The van der Waals surface area contributed by atoms with E-state index in [1.165, 1.54) is 18.2 Å². The molecule has 0 aromatic heterocycles. The number of hydrogen-bond acceptors (Lipinski definition) is 4. The highest BCUT2D eigenvalue weighted by molar-refractivity contribution is 14.0. The van der Waals surface area contributed by atoms with E-state index in [0.717, 1.165) is 11.8 Å². The molecule has 2 aromatic carbocycles. The average Bonchev–Trinajstić information content (AvgIpc) is 2.68. The molecule has 0 aliphatic rings. The van der Waals surface area contributed by atoms with E-state index in [1.807, 2.05) is 49.2 Å². The molecule has 6 nitrogen and oxygen atoms in total. The number of nitrogens with one attached hydrogen (secondary N) is 1. The van der Waals surface area contributed by atoms with E-state index in [4.69, 9.17) is 4.74 Å². The molecule has 160 valence electrons. The maximum Gasteiger partial charge on any atom is 0.193 e. The molecule has 0 heterocycles. The molecular formula is C20H27FIN3O3S. The van der Waals surface area contributed by atoms with Crippen LogP contribution in [0.25, 0.3) is 0 Å². The van der Waals surface area contributed by atoms with E-state index in [1.54, 1.807) is 0 Å². The second-order valence-electron chi connectivity index (χ2n) is 6.07. The van der Waals surface area contributed by atoms with Gasteiger partial charge in [-0.25, -0.2) is 12.8 Å². The van der Waals surface area contributed by atoms with Crippen LogP contribution in [0.1, 0.15) is 6.92 Å². The van der Waals surface area contributed by atoms with Crippen LogP contribution in [0.15, 0.2) is 64.5 Å². The van der Waals surface area contributed by atoms with Gasteiger partial charge in [0.2, 0.25) is 0 Å². The van der Waals surface area contributed by atoms with Crippen molar-refractivity contribution in [2.45, 2.75) is 11.8 Å². The molecule has 0 saturated carbocycles. The van der Waals surface area contributed by atoms with Gasteiger partial charge in [0.05, 0.1) is 18.8 Å². The van der Waals surface area contributed by atoms with Crippen molar-refractivity contribution in [3.8, 4) is 5.75 Å². The lowest BCUT2D eigenvalue weighted by Gasteiger charge is -2.22. The number of benzene rings is 2. The molecule has 0 unspecified atom stereocenters. The van der Waals surface area contributed by atoms with Gasteiger partial charge >= 0.3 is 0 Å². The summed E-state index contributed by atoms with van der Waals surface area (Å²) in [6.45, 7) is 3.63. The molecule has 0 bridgehead atoms. The summed E-state index contributed by atoms with van der Waals surface area (Å²) in [5, 5.41) is 3.12. The van der Waals surface area contributed by atoms with Crippen LogP contribution < -0.4 is 10.1 Å². The molecule has 9 heteroatoms. The minimum absolute atomic E-state index is 0. The first kappa shape index (κ1) is 25.2. The monoisotopic (exact) mass is 535 g/mol. The van der Waals surface area contributed by atoms with E-state index < -0.39 is 15.7 Å². The summed E-state index contributed by atoms with van der Waals surface area (Å²) in [5.74, 6) is 0.349. The second-order valence-corrected chi connectivity index (χ2v) is 8.15. The molecule has 0 radical (unpaired) electrons. The van der Waals surface area contributed by atoms with Gasteiger partial charge in [-0.2, -0.15) is 0 Å². The maximum absolute atomic E-state index is 13.7. The molecule has 0 atom stereocenters. The molecule has 0 spiro atoms. The van der Waals surface area contributed by atoms with Gasteiger partial charge in [-0.1, -0.05) is 30.3 Å². The number of nitrogens with zero attached hydrogens (tertiary/aromatic N) is 2. The predicted octanol–water partition coefficient (Wildman–Crippen LogP) is 3.19. The zero-order valence-corrected chi connectivity index (χ0v) is 19.7. The van der Waals surface area contributed by atoms with Gasteiger partial charge in [0.25, 0.3) is 0 Å². The first-order valence-corrected chi connectivity index (χ1v) is 10.7. The van der Waals surface area contributed by atoms with Crippen LogP contribution in [0.5, 0.6) is 5.75 Å². The Kier molecular flexibility index (Phi) is 11.0. The molecule has 0 aliphatic carbocycles. The number of halogens is 2. The van der Waals surface area contributed by atoms with E-state index in [0.29, 0.717) is 25.7 Å². The molecule has 0 fully saturated rings. The Morgan fingerprint density at radius 1 is 1.14 bits per heavy atom.